The van der Waals surface area contributed by atoms with Gasteiger partial charge in [-0.15, -0.1) is 0 Å². The summed E-state index contributed by atoms with van der Waals surface area (Å²) in [5.74, 6) is 0.855. The predicted octanol–water partition coefficient (Wildman–Crippen LogP) is 4.22. The lowest BCUT2D eigenvalue weighted by Crippen LogP contribution is -2.37. The highest BCUT2D eigenvalue weighted by molar-refractivity contribution is 14.1. The summed E-state index contributed by atoms with van der Waals surface area (Å²) in [4.78, 5) is 0. The minimum Gasteiger partial charge on any atom is -0.497 e. The topological polar surface area (TPSA) is 36.9 Å². The number of alkyl halides is 2. The van der Waals surface area contributed by atoms with Crippen LogP contribution in [0.3, 0.4) is 0 Å². The maximum atomic E-state index is 6.05. The molecule has 0 amide bonds. The number of hydrogen-bond donors (Lipinski definition) is 0. The molecule has 0 aliphatic rings. The summed E-state index contributed by atoms with van der Waals surface area (Å²) in [6.07, 6.45) is -0.139. The minimum absolute atomic E-state index is 0.0253. The van der Waals surface area contributed by atoms with Gasteiger partial charge in [-0.25, -0.2) is 0 Å². The first-order valence-corrected chi connectivity index (χ1v) is 10.3. The van der Waals surface area contributed by atoms with Gasteiger partial charge in [0.1, 0.15) is 5.75 Å². The first-order valence-electron chi connectivity index (χ1n) is 7.28. The fraction of sp³-hybridized carbons (Fsp3) is 0.625. The van der Waals surface area contributed by atoms with Crippen molar-refractivity contribution >= 4 is 45.2 Å². The maximum absolute atomic E-state index is 6.05. The van der Waals surface area contributed by atoms with Crippen LogP contribution in [0.1, 0.15) is 19.4 Å². The second-order valence-electron chi connectivity index (χ2n) is 4.70. The second-order valence-corrected chi connectivity index (χ2v) is 6.47. The van der Waals surface area contributed by atoms with Crippen molar-refractivity contribution < 1.29 is 18.9 Å². The highest BCUT2D eigenvalue weighted by Gasteiger charge is 2.23. The number of benzene rings is 1. The molecule has 1 aromatic rings. The van der Waals surface area contributed by atoms with E-state index in [1.54, 1.807) is 7.11 Å². The van der Waals surface area contributed by atoms with Crippen LogP contribution < -0.4 is 4.74 Å². The number of rotatable bonds is 11. The van der Waals surface area contributed by atoms with Crippen molar-refractivity contribution in [1.82, 2.24) is 0 Å². The monoisotopic (exact) mass is 534 g/mol. The summed E-state index contributed by atoms with van der Waals surface area (Å²) in [7, 11) is 1.67. The summed E-state index contributed by atoms with van der Waals surface area (Å²) in [6, 6.07) is 7.93. The minimum atomic E-state index is -0.209. The molecule has 0 fully saturated rings. The zero-order chi connectivity index (χ0) is 16.4. The van der Waals surface area contributed by atoms with Gasteiger partial charge in [-0.3, -0.25) is 0 Å². The normalized spacial score (nSPS) is 15.3. The van der Waals surface area contributed by atoms with Gasteiger partial charge in [0, 0.05) is 15.5 Å². The Labute approximate surface area is 160 Å². The second kappa shape index (κ2) is 11.8. The molecule has 126 valence electrons. The van der Waals surface area contributed by atoms with Crippen molar-refractivity contribution in [1.29, 1.82) is 0 Å². The van der Waals surface area contributed by atoms with Crippen molar-refractivity contribution in [3.8, 4) is 5.75 Å². The molecule has 6 heteroatoms. The Balaban J connectivity index is 2.53. The van der Waals surface area contributed by atoms with Crippen molar-refractivity contribution in [3.05, 3.63) is 29.8 Å². The third-order valence-electron chi connectivity index (χ3n) is 3.11. The van der Waals surface area contributed by atoms with Crippen LogP contribution in [0.25, 0.3) is 0 Å². The molecule has 1 rings (SSSR count). The predicted molar refractivity (Wildman–Crippen MR) is 105 cm³/mol. The van der Waals surface area contributed by atoms with E-state index in [1.165, 1.54) is 0 Å². The molecular weight excluding hydrogens is 510 g/mol. The van der Waals surface area contributed by atoms with Gasteiger partial charge in [0.15, 0.2) is 6.29 Å². The van der Waals surface area contributed by atoms with E-state index < -0.39 is 0 Å². The van der Waals surface area contributed by atoms with Crippen molar-refractivity contribution in [2.24, 2.45) is 0 Å². The SMILES string of the molecule is CCOC(C)O[C@H](CI)[C@@H](CI)OCc1ccc(OC)cc1. The number of hydrogen-bond acceptors (Lipinski definition) is 4. The van der Waals surface area contributed by atoms with Gasteiger partial charge >= 0.3 is 0 Å². The van der Waals surface area contributed by atoms with Crippen molar-refractivity contribution in [2.45, 2.75) is 39.0 Å². The largest absolute Gasteiger partial charge is 0.497 e. The molecule has 0 aliphatic carbocycles. The zero-order valence-electron chi connectivity index (χ0n) is 13.3. The molecule has 0 heterocycles. The van der Waals surface area contributed by atoms with E-state index in [-0.39, 0.29) is 18.5 Å². The van der Waals surface area contributed by atoms with Gasteiger partial charge in [-0.2, -0.15) is 0 Å². The lowest BCUT2D eigenvalue weighted by molar-refractivity contribution is -0.178. The third kappa shape index (κ3) is 7.29. The molecule has 0 N–H and O–H groups in total. The average Bonchev–Trinajstić information content (AvgIpc) is 2.55. The van der Waals surface area contributed by atoms with Crippen molar-refractivity contribution in [2.75, 3.05) is 22.6 Å². The van der Waals surface area contributed by atoms with Crippen molar-refractivity contribution in [3.63, 3.8) is 0 Å². The Kier molecular flexibility index (Phi) is 11.0. The van der Waals surface area contributed by atoms with Crippen LogP contribution in [-0.4, -0.2) is 41.1 Å². The van der Waals surface area contributed by atoms with E-state index in [0.29, 0.717) is 13.2 Å². The fourth-order valence-electron chi connectivity index (χ4n) is 1.92. The van der Waals surface area contributed by atoms with Crippen LogP contribution in [0.4, 0.5) is 0 Å². The van der Waals surface area contributed by atoms with Gasteiger partial charge < -0.3 is 18.9 Å². The van der Waals surface area contributed by atoms with E-state index in [0.717, 1.165) is 20.2 Å². The number of methoxy groups -OCH3 is 1. The molecule has 1 aromatic carbocycles. The van der Waals surface area contributed by atoms with Crippen LogP contribution in [0.15, 0.2) is 24.3 Å². The number of halogens is 2. The van der Waals surface area contributed by atoms with Gasteiger partial charge in [-0.05, 0) is 31.5 Å². The zero-order valence-corrected chi connectivity index (χ0v) is 17.6. The molecule has 0 bridgehead atoms. The smallest absolute Gasteiger partial charge is 0.155 e. The van der Waals surface area contributed by atoms with Crippen LogP contribution >= 0.6 is 45.2 Å². The lowest BCUT2D eigenvalue weighted by Gasteiger charge is -2.27. The fourth-order valence-corrected chi connectivity index (χ4v) is 3.52. The molecule has 4 nitrogen and oxygen atoms in total. The highest BCUT2D eigenvalue weighted by Crippen LogP contribution is 2.17. The first kappa shape index (κ1) is 20.4. The maximum Gasteiger partial charge on any atom is 0.155 e. The van der Waals surface area contributed by atoms with Crippen LogP contribution in [0, 0.1) is 0 Å². The summed E-state index contributed by atoms with van der Waals surface area (Å²) in [5, 5.41) is 0. The molecule has 0 spiro atoms. The number of ether oxygens (including phenoxy) is 4. The first-order chi connectivity index (χ1) is 10.6. The molecule has 0 saturated carbocycles. The molecule has 0 radical (unpaired) electrons. The Morgan fingerprint density at radius 3 is 2.14 bits per heavy atom. The van der Waals surface area contributed by atoms with Gasteiger partial charge in [0.2, 0.25) is 0 Å². The Hall–Kier alpha value is 0.360. The van der Waals surface area contributed by atoms with Crippen LogP contribution in [0.2, 0.25) is 0 Å². The van der Waals surface area contributed by atoms with E-state index in [9.17, 15) is 0 Å². The molecule has 1 unspecified atom stereocenters. The van der Waals surface area contributed by atoms with E-state index in [4.69, 9.17) is 18.9 Å². The van der Waals surface area contributed by atoms with Gasteiger partial charge in [-0.1, -0.05) is 57.3 Å². The molecule has 22 heavy (non-hydrogen) atoms. The average molecular weight is 534 g/mol. The Morgan fingerprint density at radius 2 is 1.64 bits per heavy atom. The Morgan fingerprint density at radius 1 is 1.00 bits per heavy atom. The lowest BCUT2D eigenvalue weighted by atomic mass is 10.2. The summed E-state index contributed by atoms with van der Waals surface area (Å²) < 4.78 is 24.4. The van der Waals surface area contributed by atoms with E-state index >= 15 is 0 Å². The quantitative estimate of drug-likeness (QED) is 0.242. The highest BCUT2D eigenvalue weighted by atomic mass is 127. The Bertz CT molecular complexity index is 400. The van der Waals surface area contributed by atoms with E-state index in [1.807, 2.05) is 38.1 Å². The van der Waals surface area contributed by atoms with Crippen LogP contribution in [-0.2, 0) is 20.8 Å². The molecular formula is C16H24I2O4. The summed E-state index contributed by atoms with van der Waals surface area (Å²) in [6.45, 7) is 5.11. The standard InChI is InChI=1S/C16H24I2O4/c1-4-20-12(2)22-16(10-18)15(9-17)21-11-13-5-7-14(19-3)8-6-13/h5-8,12,15-16H,4,9-11H2,1-3H3/t12?,15-,16-/m1/s1. The molecule has 3 atom stereocenters. The molecule has 0 saturated heterocycles. The van der Waals surface area contributed by atoms with Gasteiger partial charge in [0.25, 0.3) is 0 Å². The van der Waals surface area contributed by atoms with E-state index in [2.05, 4.69) is 45.2 Å². The summed E-state index contributed by atoms with van der Waals surface area (Å²) in [5.41, 5.74) is 1.13. The third-order valence-corrected chi connectivity index (χ3v) is 4.85. The van der Waals surface area contributed by atoms with Crippen LogP contribution in [0.5, 0.6) is 5.75 Å². The molecule has 0 aliphatic heterocycles. The molecule has 0 aromatic heterocycles. The van der Waals surface area contributed by atoms with Gasteiger partial charge in [0.05, 0.1) is 25.9 Å². The summed E-state index contributed by atoms with van der Waals surface area (Å²) >= 11 is 4.67.